The molecule has 152 valence electrons. The van der Waals surface area contributed by atoms with E-state index in [0.717, 1.165) is 64.2 Å². The number of hydrogen-bond acceptors (Lipinski definition) is 3. The average Bonchev–Trinajstić information content (AvgIpc) is 3.33. The van der Waals surface area contributed by atoms with Gasteiger partial charge in [-0.1, -0.05) is 13.3 Å². The molecule has 0 aromatic rings. The molecule has 1 spiro atoms. The fraction of sp³-hybridized carbons (Fsp3) is 0.905. The van der Waals surface area contributed by atoms with Crippen molar-refractivity contribution in [1.29, 1.82) is 0 Å². The lowest BCUT2D eigenvalue weighted by Crippen LogP contribution is -2.62. The number of amides is 2. The highest BCUT2D eigenvalue weighted by Gasteiger charge is 2.58. The van der Waals surface area contributed by atoms with Gasteiger partial charge in [-0.15, -0.1) is 0 Å². The molecule has 3 unspecified atom stereocenters. The van der Waals surface area contributed by atoms with Gasteiger partial charge in [0.1, 0.15) is 0 Å². The summed E-state index contributed by atoms with van der Waals surface area (Å²) in [5.74, 6) is 1.62. The van der Waals surface area contributed by atoms with Crippen LogP contribution in [0.4, 0.5) is 4.79 Å². The van der Waals surface area contributed by atoms with Crippen molar-refractivity contribution in [3.05, 3.63) is 0 Å². The molecule has 6 heteroatoms. The molecule has 0 bridgehead atoms. The first-order valence-corrected chi connectivity index (χ1v) is 10.9. The van der Waals surface area contributed by atoms with Gasteiger partial charge < -0.3 is 14.9 Å². The molecule has 2 aliphatic heterocycles. The van der Waals surface area contributed by atoms with Crippen LogP contribution in [0.25, 0.3) is 0 Å². The van der Waals surface area contributed by atoms with Gasteiger partial charge in [0.2, 0.25) is 5.91 Å². The molecular formula is C21H35N3O3. The summed E-state index contributed by atoms with van der Waals surface area (Å²) in [6, 6.07) is 1.03. The van der Waals surface area contributed by atoms with Crippen LogP contribution in [-0.4, -0.2) is 76.6 Å². The Bertz CT molecular complexity index is 585. The van der Waals surface area contributed by atoms with Crippen LogP contribution in [0.15, 0.2) is 0 Å². The normalized spacial score (nSPS) is 34.7. The van der Waals surface area contributed by atoms with Crippen LogP contribution < -0.4 is 0 Å². The minimum atomic E-state index is -0.758. The highest BCUT2D eigenvalue weighted by molar-refractivity contribution is 5.73. The molecule has 2 aliphatic carbocycles. The van der Waals surface area contributed by atoms with E-state index in [2.05, 4.69) is 16.7 Å². The summed E-state index contributed by atoms with van der Waals surface area (Å²) >= 11 is 0. The van der Waals surface area contributed by atoms with Gasteiger partial charge in [-0.2, -0.15) is 0 Å². The third kappa shape index (κ3) is 3.57. The Morgan fingerprint density at radius 2 is 1.85 bits per heavy atom. The van der Waals surface area contributed by atoms with Crippen molar-refractivity contribution in [2.45, 2.75) is 70.9 Å². The zero-order chi connectivity index (χ0) is 19.2. The van der Waals surface area contributed by atoms with Gasteiger partial charge in [-0.3, -0.25) is 9.69 Å². The standard InChI is InChI=1S/C21H35N3O3/c1-3-18-19(12-21(18)8-11-23(14-21)20(26)27)22-9-6-17(7-10-22)24(15(2)25)13-16-4-5-16/h16-19H,3-14H2,1-2H3,(H,26,27). The molecule has 4 fully saturated rings. The molecule has 3 atom stereocenters. The van der Waals surface area contributed by atoms with Crippen molar-refractivity contribution in [3.63, 3.8) is 0 Å². The summed E-state index contributed by atoms with van der Waals surface area (Å²) in [5.41, 5.74) is 0.228. The van der Waals surface area contributed by atoms with Crippen LogP contribution in [0.5, 0.6) is 0 Å². The summed E-state index contributed by atoms with van der Waals surface area (Å²) in [4.78, 5) is 29.8. The molecule has 2 heterocycles. The third-order valence-electron chi connectivity index (χ3n) is 7.93. The van der Waals surface area contributed by atoms with Crippen molar-refractivity contribution in [1.82, 2.24) is 14.7 Å². The van der Waals surface area contributed by atoms with Crippen LogP contribution in [0.1, 0.15) is 58.8 Å². The number of carboxylic acid groups (broad SMARTS) is 1. The van der Waals surface area contributed by atoms with Gasteiger partial charge in [0.25, 0.3) is 0 Å². The van der Waals surface area contributed by atoms with E-state index in [1.807, 2.05) is 0 Å². The molecule has 2 saturated heterocycles. The van der Waals surface area contributed by atoms with Crippen LogP contribution in [-0.2, 0) is 4.79 Å². The lowest BCUT2D eigenvalue weighted by atomic mass is 9.54. The van der Waals surface area contributed by atoms with Crippen molar-refractivity contribution < 1.29 is 14.7 Å². The predicted octanol–water partition coefficient (Wildman–Crippen LogP) is 2.88. The Morgan fingerprint density at radius 1 is 1.15 bits per heavy atom. The van der Waals surface area contributed by atoms with Crippen LogP contribution >= 0.6 is 0 Å². The minimum absolute atomic E-state index is 0.228. The van der Waals surface area contributed by atoms with Gasteiger partial charge in [-0.25, -0.2) is 4.79 Å². The highest BCUT2D eigenvalue weighted by atomic mass is 16.4. The molecule has 0 aromatic heterocycles. The minimum Gasteiger partial charge on any atom is -0.465 e. The molecule has 4 rings (SSSR count). The summed E-state index contributed by atoms with van der Waals surface area (Å²) in [6.45, 7) is 8.56. The Hall–Kier alpha value is -1.30. The zero-order valence-electron chi connectivity index (χ0n) is 16.9. The molecule has 2 amide bonds. The first-order chi connectivity index (χ1) is 12.9. The maximum absolute atomic E-state index is 12.1. The smallest absolute Gasteiger partial charge is 0.407 e. The van der Waals surface area contributed by atoms with E-state index >= 15 is 0 Å². The van der Waals surface area contributed by atoms with Gasteiger partial charge in [0.15, 0.2) is 0 Å². The number of hydrogen-bond donors (Lipinski definition) is 1. The van der Waals surface area contributed by atoms with Gasteiger partial charge >= 0.3 is 6.09 Å². The van der Waals surface area contributed by atoms with Gasteiger partial charge in [-0.05, 0) is 55.8 Å². The second kappa shape index (κ2) is 7.26. The predicted molar refractivity (Wildman–Crippen MR) is 104 cm³/mol. The average molecular weight is 378 g/mol. The van der Waals surface area contributed by atoms with E-state index in [1.54, 1.807) is 11.8 Å². The second-order valence-corrected chi connectivity index (χ2v) is 9.48. The first-order valence-electron chi connectivity index (χ1n) is 10.9. The molecular weight excluding hydrogens is 342 g/mol. The molecule has 4 aliphatic rings. The number of likely N-dealkylation sites (tertiary alicyclic amines) is 2. The highest BCUT2D eigenvalue weighted by Crippen LogP contribution is 2.56. The maximum Gasteiger partial charge on any atom is 0.407 e. The Morgan fingerprint density at radius 3 is 2.37 bits per heavy atom. The molecule has 27 heavy (non-hydrogen) atoms. The number of carbonyl (C=O) groups excluding carboxylic acids is 1. The van der Waals surface area contributed by atoms with Crippen molar-refractivity contribution in [2.75, 3.05) is 32.7 Å². The zero-order valence-corrected chi connectivity index (χ0v) is 16.9. The fourth-order valence-corrected chi connectivity index (χ4v) is 6.22. The summed E-state index contributed by atoms with van der Waals surface area (Å²) in [7, 11) is 0. The topological polar surface area (TPSA) is 64.1 Å². The summed E-state index contributed by atoms with van der Waals surface area (Å²) in [6.07, 6.45) is 7.32. The first kappa shape index (κ1) is 19.0. The van der Waals surface area contributed by atoms with E-state index < -0.39 is 6.09 Å². The monoisotopic (exact) mass is 377 g/mol. The van der Waals surface area contributed by atoms with E-state index in [9.17, 15) is 14.7 Å². The van der Waals surface area contributed by atoms with E-state index in [0.29, 0.717) is 24.5 Å². The fourth-order valence-electron chi connectivity index (χ4n) is 6.22. The largest absolute Gasteiger partial charge is 0.465 e. The molecule has 2 saturated carbocycles. The Labute approximate surface area is 162 Å². The summed E-state index contributed by atoms with van der Waals surface area (Å²) in [5, 5.41) is 9.31. The SMILES string of the molecule is CCC1C(N2CCC(N(CC3CC3)C(C)=O)CC2)CC12CCN(C(=O)O)C2. The molecule has 0 radical (unpaired) electrons. The lowest BCUT2D eigenvalue weighted by molar-refractivity contribution is -0.133. The number of carbonyl (C=O) groups is 2. The summed E-state index contributed by atoms with van der Waals surface area (Å²) < 4.78 is 0. The Kier molecular flexibility index (Phi) is 5.12. The number of piperidine rings is 1. The number of nitrogens with zero attached hydrogens (tertiary/aromatic N) is 3. The molecule has 1 N–H and O–H groups in total. The van der Waals surface area contributed by atoms with Crippen molar-refractivity contribution in [2.24, 2.45) is 17.3 Å². The van der Waals surface area contributed by atoms with Crippen LogP contribution in [0.3, 0.4) is 0 Å². The van der Waals surface area contributed by atoms with E-state index in [1.165, 1.54) is 12.8 Å². The maximum atomic E-state index is 12.1. The lowest BCUT2D eigenvalue weighted by Gasteiger charge is -2.58. The van der Waals surface area contributed by atoms with Gasteiger partial charge in [0.05, 0.1) is 0 Å². The quantitative estimate of drug-likeness (QED) is 0.800. The second-order valence-electron chi connectivity index (χ2n) is 9.48. The van der Waals surface area contributed by atoms with Crippen molar-refractivity contribution >= 4 is 12.0 Å². The van der Waals surface area contributed by atoms with Crippen LogP contribution in [0, 0.1) is 17.3 Å². The van der Waals surface area contributed by atoms with Crippen molar-refractivity contribution in [3.8, 4) is 0 Å². The van der Waals surface area contributed by atoms with Gasteiger partial charge in [0, 0.05) is 51.7 Å². The Balaban J connectivity index is 1.32. The third-order valence-corrected chi connectivity index (χ3v) is 7.93. The molecule has 6 nitrogen and oxygen atoms in total. The number of rotatable bonds is 5. The molecule has 0 aromatic carbocycles. The van der Waals surface area contributed by atoms with E-state index in [4.69, 9.17) is 0 Å². The van der Waals surface area contributed by atoms with Crippen LogP contribution in [0.2, 0.25) is 0 Å². The van der Waals surface area contributed by atoms with E-state index in [-0.39, 0.29) is 11.3 Å².